The first kappa shape index (κ1) is 18.7. The fraction of sp³-hybridized carbons (Fsp3) is 0.650. The van der Waals surface area contributed by atoms with E-state index in [4.69, 9.17) is 4.74 Å². The van der Waals surface area contributed by atoms with Crippen molar-refractivity contribution in [2.75, 3.05) is 0 Å². The summed E-state index contributed by atoms with van der Waals surface area (Å²) in [5.74, 6) is -0.190. The number of esters is 1. The molecule has 0 spiro atoms. The van der Waals surface area contributed by atoms with Gasteiger partial charge < -0.3 is 4.74 Å². The summed E-state index contributed by atoms with van der Waals surface area (Å²) in [7, 11) is 0. The molecule has 0 N–H and O–H groups in total. The molecule has 22 heavy (non-hydrogen) atoms. The van der Waals surface area contributed by atoms with Crippen molar-refractivity contribution in [3.8, 4) is 0 Å². The highest BCUT2D eigenvalue weighted by atomic mass is 16.5. The van der Waals surface area contributed by atoms with Crippen molar-refractivity contribution in [2.45, 2.75) is 84.2 Å². The summed E-state index contributed by atoms with van der Waals surface area (Å²) >= 11 is 0. The van der Waals surface area contributed by atoms with Crippen LogP contribution in [0, 0.1) is 0 Å². The number of rotatable bonds is 12. The van der Waals surface area contributed by atoms with E-state index in [-0.39, 0.29) is 12.1 Å². The molecule has 124 valence electrons. The van der Waals surface area contributed by atoms with E-state index in [1.165, 1.54) is 58.3 Å². The number of hydrogen-bond acceptors (Lipinski definition) is 2. The molecule has 0 saturated carbocycles. The summed E-state index contributed by atoms with van der Waals surface area (Å²) in [6, 6.07) is 10.1. The molecule has 0 aliphatic heterocycles. The van der Waals surface area contributed by atoms with E-state index in [2.05, 4.69) is 6.92 Å². The fourth-order valence-corrected chi connectivity index (χ4v) is 2.80. The van der Waals surface area contributed by atoms with Gasteiger partial charge in [-0.1, -0.05) is 88.6 Å². The molecule has 1 atom stereocenters. The molecule has 0 aromatic heterocycles. The summed E-state index contributed by atoms with van der Waals surface area (Å²) in [4.78, 5) is 11.3. The minimum absolute atomic E-state index is 0.0803. The number of carbonyl (C=O) groups is 1. The average Bonchev–Trinajstić information content (AvgIpc) is 2.52. The second-order valence-corrected chi connectivity index (χ2v) is 6.13. The van der Waals surface area contributed by atoms with Crippen LogP contribution in [0.3, 0.4) is 0 Å². The standard InChI is InChI=1S/C20H32O2/c1-3-4-5-6-7-8-9-10-14-17-20(22-18(2)21)19-15-12-11-13-16-19/h11-13,15-16,20H,3-10,14,17H2,1-2H3/t20-/m0/s1. The van der Waals surface area contributed by atoms with Crippen molar-refractivity contribution in [3.05, 3.63) is 35.9 Å². The molecule has 0 unspecified atom stereocenters. The molecular formula is C20H32O2. The van der Waals surface area contributed by atoms with E-state index in [1.54, 1.807) is 0 Å². The van der Waals surface area contributed by atoms with Gasteiger partial charge in [-0.25, -0.2) is 0 Å². The predicted molar refractivity (Wildman–Crippen MR) is 92.8 cm³/mol. The number of unbranched alkanes of at least 4 members (excludes halogenated alkanes) is 8. The van der Waals surface area contributed by atoms with Gasteiger partial charge in [-0.15, -0.1) is 0 Å². The van der Waals surface area contributed by atoms with Crippen LogP contribution in [-0.4, -0.2) is 5.97 Å². The Morgan fingerprint density at radius 2 is 1.45 bits per heavy atom. The largest absolute Gasteiger partial charge is 0.458 e. The van der Waals surface area contributed by atoms with Gasteiger partial charge in [0.1, 0.15) is 6.10 Å². The van der Waals surface area contributed by atoms with Crippen molar-refractivity contribution in [2.24, 2.45) is 0 Å². The molecule has 1 rings (SSSR count). The monoisotopic (exact) mass is 304 g/mol. The van der Waals surface area contributed by atoms with Gasteiger partial charge in [0.25, 0.3) is 0 Å². The first-order valence-corrected chi connectivity index (χ1v) is 8.96. The SMILES string of the molecule is CCCCCCCCCCC[C@H](OC(C)=O)c1ccccc1. The molecule has 0 aliphatic carbocycles. The van der Waals surface area contributed by atoms with Gasteiger partial charge in [0, 0.05) is 6.92 Å². The highest BCUT2D eigenvalue weighted by molar-refractivity contribution is 5.66. The molecule has 0 radical (unpaired) electrons. The Labute approximate surface area is 136 Å². The highest BCUT2D eigenvalue weighted by Crippen LogP contribution is 2.24. The highest BCUT2D eigenvalue weighted by Gasteiger charge is 2.13. The maximum absolute atomic E-state index is 11.3. The van der Waals surface area contributed by atoms with Crippen LogP contribution in [0.2, 0.25) is 0 Å². The van der Waals surface area contributed by atoms with Gasteiger partial charge >= 0.3 is 5.97 Å². The Balaban J connectivity index is 2.17. The summed E-state index contributed by atoms with van der Waals surface area (Å²) in [5, 5.41) is 0. The number of hydrogen-bond donors (Lipinski definition) is 0. The van der Waals surface area contributed by atoms with Crippen molar-refractivity contribution < 1.29 is 9.53 Å². The number of carbonyl (C=O) groups excluding carboxylic acids is 1. The summed E-state index contributed by atoms with van der Waals surface area (Å²) in [6.45, 7) is 3.75. The smallest absolute Gasteiger partial charge is 0.303 e. The lowest BCUT2D eigenvalue weighted by atomic mass is 10.0. The maximum Gasteiger partial charge on any atom is 0.303 e. The van der Waals surface area contributed by atoms with E-state index in [0.717, 1.165) is 18.4 Å². The van der Waals surface area contributed by atoms with Gasteiger partial charge in [-0.05, 0) is 18.4 Å². The van der Waals surface area contributed by atoms with E-state index in [1.807, 2.05) is 30.3 Å². The Bertz CT molecular complexity index is 386. The van der Waals surface area contributed by atoms with Gasteiger partial charge in [0.2, 0.25) is 0 Å². The first-order chi connectivity index (χ1) is 10.7. The quantitative estimate of drug-likeness (QED) is 0.339. The molecular weight excluding hydrogens is 272 g/mol. The fourth-order valence-electron chi connectivity index (χ4n) is 2.80. The van der Waals surface area contributed by atoms with Crippen LogP contribution in [0.1, 0.15) is 89.7 Å². The van der Waals surface area contributed by atoms with Crippen molar-refractivity contribution in [1.82, 2.24) is 0 Å². The molecule has 2 heteroatoms. The van der Waals surface area contributed by atoms with Gasteiger partial charge in [-0.2, -0.15) is 0 Å². The third-order valence-electron chi connectivity index (χ3n) is 4.05. The second kappa shape index (κ2) is 12.3. The van der Waals surface area contributed by atoms with Crippen molar-refractivity contribution in [1.29, 1.82) is 0 Å². The van der Waals surface area contributed by atoms with E-state index < -0.39 is 0 Å². The zero-order valence-electron chi connectivity index (χ0n) is 14.4. The Kier molecular flexibility index (Phi) is 10.4. The van der Waals surface area contributed by atoms with Crippen LogP contribution in [0.5, 0.6) is 0 Å². The molecule has 0 fully saturated rings. The first-order valence-electron chi connectivity index (χ1n) is 8.96. The summed E-state index contributed by atoms with van der Waals surface area (Å²) in [5.41, 5.74) is 1.11. The minimum Gasteiger partial charge on any atom is -0.458 e. The lowest BCUT2D eigenvalue weighted by molar-refractivity contribution is -0.147. The van der Waals surface area contributed by atoms with Crippen LogP contribution in [0.15, 0.2) is 30.3 Å². The molecule has 0 saturated heterocycles. The van der Waals surface area contributed by atoms with Crippen LogP contribution < -0.4 is 0 Å². The Morgan fingerprint density at radius 1 is 0.909 bits per heavy atom. The lowest BCUT2D eigenvalue weighted by Crippen LogP contribution is -2.08. The van der Waals surface area contributed by atoms with E-state index in [9.17, 15) is 4.79 Å². The Morgan fingerprint density at radius 3 is 2.00 bits per heavy atom. The molecule has 0 aliphatic rings. The van der Waals surface area contributed by atoms with Gasteiger partial charge in [0.05, 0.1) is 0 Å². The van der Waals surface area contributed by atoms with Crippen LogP contribution >= 0.6 is 0 Å². The van der Waals surface area contributed by atoms with Crippen molar-refractivity contribution >= 4 is 5.97 Å². The van der Waals surface area contributed by atoms with Gasteiger partial charge in [0.15, 0.2) is 0 Å². The van der Waals surface area contributed by atoms with Gasteiger partial charge in [-0.3, -0.25) is 4.79 Å². The minimum atomic E-state index is -0.190. The third kappa shape index (κ3) is 8.86. The predicted octanol–water partition coefficient (Wildman–Crippen LogP) is 6.21. The molecule has 0 bridgehead atoms. The van der Waals surface area contributed by atoms with Crippen LogP contribution in [0.4, 0.5) is 0 Å². The second-order valence-electron chi connectivity index (χ2n) is 6.13. The normalized spacial score (nSPS) is 12.1. The number of benzene rings is 1. The Hall–Kier alpha value is -1.31. The van der Waals surface area contributed by atoms with E-state index in [0.29, 0.717) is 0 Å². The third-order valence-corrected chi connectivity index (χ3v) is 4.05. The molecule has 1 aromatic carbocycles. The topological polar surface area (TPSA) is 26.3 Å². The molecule has 2 nitrogen and oxygen atoms in total. The zero-order chi connectivity index (χ0) is 16.0. The molecule has 1 aromatic rings. The molecule has 0 amide bonds. The van der Waals surface area contributed by atoms with Crippen LogP contribution in [0.25, 0.3) is 0 Å². The summed E-state index contributed by atoms with van der Waals surface area (Å²) < 4.78 is 5.47. The van der Waals surface area contributed by atoms with Crippen LogP contribution in [-0.2, 0) is 9.53 Å². The maximum atomic E-state index is 11.3. The van der Waals surface area contributed by atoms with Crippen molar-refractivity contribution in [3.63, 3.8) is 0 Å². The van der Waals surface area contributed by atoms with E-state index >= 15 is 0 Å². The zero-order valence-corrected chi connectivity index (χ0v) is 14.4. The number of ether oxygens (including phenoxy) is 1. The average molecular weight is 304 g/mol. The molecule has 0 heterocycles. The lowest BCUT2D eigenvalue weighted by Gasteiger charge is -2.17. The summed E-state index contributed by atoms with van der Waals surface area (Å²) in [6.07, 6.45) is 12.7.